The molecule has 0 bridgehead atoms. The molecule has 0 saturated heterocycles. The van der Waals surface area contributed by atoms with Gasteiger partial charge >= 0.3 is 5.69 Å². The summed E-state index contributed by atoms with van der Waals surface area (Å²) in [5.74, 6) is 0.503. The summed E-state index contributed by atoms with van der Waals surface area (Å²) in [6.07, 6.45) is 3.61. The van der Waals surface area contributed by atoms with Crippen LogP contribution in [0.3, 0.4) is 0 Å². The molecular formula is C21H27N5O3. The van der Waals surface area contributed by atoms with Crippen molar-refractivity contribution in [3.63, 3.8) is 0 Å². The van der Waals surface area contributed by atoms with E-state index in [1.54, 1.807) is 16.7 Å². The summed E-state index contributed by atoms with van der Waals surface area (Å²) < 4.78 is 3.45. The first-order chi connectivity index (χ1) is 14.0. The third-order valence-electron chi connectivity index (χ3n) is 4.82. The maximum atomic E-state index is 12.7. The van der Waals surface area contributed by atoms with Gasteiger partial charge in [-0.25, -0.2) is 9.78 Å². The molecule has 1 aromatic carbocycles. The standard InChI is InChI=1S/C21H27N5O3/c1-4-6-12-25-17-19(26(13-7-5-2)21(29)24-20(17)28)23-18(25)15-8-10-16(11-9-15)22-14(3)27/h8-11H,4-7,12-13H2,1-3H3,(H,22,27)(H,24,28,29). The highest BCUT2D eigenvalue weighted by molar-refractivity contribution is 5.89. The number of nitrogens with zero attached hydrogens (tertiary/aromatic N) is 3. The summed E-state index contributed by atoms with van der Waals surface area (Å²) in [6.45, 7) is 6.73. The predicted octanol–water partition coefficient (Wildman–Crippen LogP) is 3.11. The molecule has 8 heteroatoms. The van der Waals surface area contributed by atoms with Crippen molar-refractivity contribution in [2.24, 2.45) is 0 Å². The third-order valence-corrected chi connectivity index (χ3v) is 4.82. The molecule has 2 N–H and O–H groups in total. The van der Waals surface area contributed by atoms with Gasteiger partial charge in [-0.1, -0.05) is 26.7 Å². The Hall–Kier alpha value is -3.16. The van der Waals surface area contributed by atoms with Crippen LogP contribution in [0, 0.1) is 0 Å². The molecule has 2 aromatic heterocycles. The van der Waals surface area contributed by atoms with Crippen LogP contribution in [0.4, 0.5) is 5.69 Å². The number of hydrogen-bond acceptors (Lipinski definition) is 4. The zero-order valence-corrected chi connectivity index (χ0v) is 17.1. The van der Waals surface area contributed by atoms with Gasteiger partial charge in [0.05, 0.1) is 0 Å². The molecule has 1 amide bonds. The number of aryl methyl sites for hydroxylation is 2. The number of nitrogens with one attached hydrogen (secondary N) is 2. The fraction of sp³-hybridized carbons (Fsp3) is 0.429. The minimum atomic E-state index is -0.427. The minimum Gasteiger partial charge on any atom is -0.326 e. The number of benzene rings is 1. The summed E-state index contributed by atoms with van der Waals surface area (Å²) in [5.41, 5.74) is 1.51. The van der Waals surface area contributed by atoms with E-state index >= 15 is 0 Å². The number of imidazole rings is 1. The second-order valence-corrected chi connectivity index (χ2v) is 7.14. The van der Waals surface area contributed by atoms with E-state index in [0.717, 1.165) is 31.2 Å². The number of rotatable bonds is 8. The van der Waals surface area contributed by atoms with E-state index in [-0.39, 0.29) is 5.91 Å². The lowest BCUT2D eigenvalue weighted by molar-refractivity contribution is -0.114. The van der Waals surface area contributed by atoms with Gasteiger partial charge in [-0.05, 0) is 37.1 Å². The maximum Gasteiger partial charge on any atom is 0.330 e. The Bertz CT molecular complexity index is 1120. The molecule has 154 valence electrons. The number of amides is 1. The van der Waals surface area contributed by atoms with Crippen molar-refractivity contribution in [2.75, 3.05) is 5.32 Å². The molecule has 3 rings (SSSR count). The normalized spacial score (nSPS) is 11.1. The average Bonchev–Trinajstić information content (AvgIpc) is 3.06. The minimum absolute atomic E-state index is 0.139. The van der Waals surface area contributed by atoms with Gasteiger partial charge in [0.2, 0.25) is 5.91 Å². The van der Waals surface area contributed by atoms with E-state index in [2.05, 4.69) is 24.1 Å². The second kappa shape index (κ2) is 8.89. The third kappa shape index (κ3) is 4.31. The molecule has 0 radical (unpaired) electrons. The summed E-state index contributed by atoms with van der Waals surface area (Å²) in [7, 11) is 0. The Balaban J connectivity index is 2.19. The molecule has 29 heavy (non-hydrogen) atoms. The number of aromatic amines is 1. The van der Waals surface area contributed by atoms with E-state index in [1.807, 2.05) is 16.7 Å². The number of carbonyl (C=O) groups is 1. The Kier molecular flexibility index (Phi) is 6.31. The number of fused-ring (bicyclic) bond motifs is 1. The molecule has 0 saturated carbocycles. The molecule has 8 nitrogen and oxygen atoms in total. The van der Waals surface area contributed by atoms with Crippen molar-refractivity contribution in [3.05, 3.63) is 45.1 Å². The fourth-order valence-electron chi connectivity index (χ4n) is 3.36. The van der Waals surface area contributed by atoms with Gasteiger partial charge in [-0.2, -0.15) is 0 Å². The zero-order valence-electron chi connectivity index (χ0n) is 17.1. The van der Waals surface area contributed by atoms with Gasteiger partial charge in [0, 0.05) is 31.3 Å². The molecule has 0 aliphatic heterocycles. The summed E-state index contributed by atoms with van der Waals surface area (Å²) >= 11 is 0. The lowest BCUT2D eigenvalue weighted by Gasteiger charge is -2.09. The van der Waals surface area contributed by atoms with Gasteiger partial charge in [0.25, 0.3) is 5.56 Å². The highest BCUT2D eigenvalue weighted by atomic mass is 16.2. The molecule has 0 unspecified atom stereocenters. The lowest BCUT2D eigenvalue weighted by Crippen LogP contribution is -2.31. The first-order valence-electron chi connectivity index (χ1n) is 10.1. The predicted molar refractivity (Wildman–Crippen MR) is 114 cm³/mol. The smallest absolute Gasteiger partial charge is 0.326 e. The van der Waals surface area contributed by atoms with Crippen molar-refractivity contribution < 1.29 is 4.79 Å². The molecule has 3 aromatic rings. The first-order valence-corrected chi connectivity index (χ1v) is 10.1. The molecular weight excluding hydrogens is 370 g/mol. The van der Waals surface area contributed by atoms with Crippen LogP contribution in [-0.2, 0) is 17.9 Å². The molecule has 0 aliphatic rings. The van der Waals surface area contributed by atoms with Crippen molar-refractivity contribution in [2.45, 2.75) is 59.5 Å². The van der Waals surface area contributed by atoms with Crippen molar-refractivity contribution in [1.82, 2.24) is 19.1 Å². The average molecular weight is 397 g/mol. The first kappa shape index (κ1) is 20.6. The Labute approximate surface area is 168 Å². The number of hydrogen-bond donors (Lipinski definition) is 2. The van der Waals surface area contributed by atoms with Gasteiger partial charge in [0.15, 0.2) is 11.2 Å². The Morgan fingerprint density at radius 2 is 1.66 bits per heavy atom. The van der Waals surface area contributed by atoms with Gasteiger partial charge in [0.1, 0.15) is 5.82 Å². The van der Waals surface area contributed by atoms with E-state index in [1.165, 1.54) is 6.92 Å². The highest BCUT2D eigenvalue weighted by Gasteiger charge is 2.19. The molecule has 2 heterocycles. The van der Waals surface area contributed by atoms with E-state index in [9.17, 15) is 14.4 Å². The van der Waals surface area contributed by atoms with Gasteiger partial charge in [-0.15, -0.1) is 0 Å². The number of aromatic nitrogens is 4. The largest absolute Gasteiger partial charge is 0.330 e. The van der Waals surface area contributed by atoms with Crippen molar-refractivity contribution in [3.8, 4) is 11.4 Å². The Morgan fingerprint density at radius 1 is 1.03 bits per heavy atom. The second-order valence-electron chi connectivity index (χ2n) is 7.14. The van der Waals surface area contributed by atoms with Crippen LogP contribution in [0.2, 0.25) is 0 Å². The summed E-state index contributed by atoms with van der Waals surface area (Å²) in [6, 6.07) is 7.32. The van der Waals surface area contributed by atoms with E-state index < -0.39 is 11.2 Å². The molecule has 0 aliphatic carbocycles. The van der Waals surface area contributed by atoms with Crippen LogP contribution < -0.4 is 16.6 Å². The SMILES string of the molecule is CCCCn1c(-c2ccc(NC(C)=O)cc2)nc2c1c(=O)[nH]c(=O)n2CCCC. The molecule has 0 atom stereocenters. The van der Waals surface area contributed by atoms with E-state index in [4.69, 9.17) is 4.98 Å². The monoisotopic (exact) mass is 397 g/mol. The zero-order chi connectivity index (χ0) is 21.0. The van der Waals surface area contributed by atoms with Gasteiger partial charge < -0.3 is 9.88 Å². The summed E-state index contributed by atoms with van der Waals surface area (Å²) in [4.78, 5) is 43.5. The lowest BCUT2D eigenvalue weighted by atomic mass is 10.2. The highest BCUT2D eigenvalue weighted by Crippen LogP contribution is 2.25. The van der Waals surface area contributed by atoms with Crippen molar-refractivity contribution in [1.29, 1.82) is 0 Å². The number of H-pyrrole nitrogens is 1. The summed E-state index contributed by atoms with van der Waals surface area (Å²) in [5, 5.41) is 2.74. The van der Waals surface area contributed by atoms with Gasteiger partial charge in [-0.3, -0.25) is 19.1 Å². The molecule has 0 spiro atoms. The maximum absolute atomic E-state index is 12.7. The van der Waals surface area contributed by atoms with Crippen LogP contribution in [0.25, 0.3) is 22.6 Å². The number of unbranched alkanes of at least 4 members (excludes halogenated alkanes) is 2. The van der Waals surface area contributed by atoms with Crippen LogP contribution in [0.1, 0.15) is 46.5 Å². The van der Waals surface area contributed by atoms with Crippen LogP contribution in [-0.4, -0.2) is 25.0 Å². The quantitative estimate of drug-likeness (QED) is 0.610. The van der Waals surface area contributed by atoms with Crippen LogP contribution in [0.5, 0.6) is 0 Å². The molecule has 0 fully saturated rings. The Morgan fingerprint density at radius 3 is 2.24 bits per heavy atom. The van der Waals surface area contributed by atoms with Crippen molar-refractivity contribution >= 4 is 22.8 Å². The number of carbonyl (C=O) groups excluding carboxylic acids is 1. The van der Waals surface area contributed by atoms with Crippen LogP contribution >= 0.6 is 0 Å². The topological polar surface area (TPSA) is 102 Å². The number of anilines is 1. The van der Waals surface area contributed by atoms with Crippen LogP contribution in [0.15, 0.2) is 33.9 Å². The fourth-order valence-corrected chi connectivity index (χ4v) is 3.36. The van der Waals surface area contributed by atoms with E-state index in [0.29, 0.717) is 35.8 Å².